The monoisotopic (exact) mass is 924 g/mol. The minimum Gasteiger partial charge on any atom is -0.358 e. The molecule has 0 N–H and O–H groups in total. The van der Waals surface area contributed by atoms with Gasteiger partial charge < -0.3 is 14.4 Å². The fourth-order valence-corrected chi connectivity index (χ4v) is 1.98. The molecule has 1 aromatic heterocycles. The van der Waals surface area contributed by atoms with Crippen LogP contribution in [0.4, 0.5) is 30.9 Å². The molecule has 0 radical (unpaired) electrons. The maximum absolute atomic E-state index is 13.3. The van der Waals surface area contributed by atoms with Crippen molar-refractivity contribution in [3.63, 3.8) is 0 Å². The molecule has 0 aliphatic rings. The van der Waals surface area contributed by atoms with E-state index >= 15 is 0 Å². The number of halogens is 7. The molecule has 0 amide bonds. The van der Waals surface area contributed by atoms with E-state index in [2.05, 4.69) is 21.8 Å². The Labute approximate surface area is 235 Å². The quantitative estimate of drug-likeness (QED) is 0.164. The van der Waals surface area contributed by atoms with Crippen LogP contribution in [0.3, 0.4) is 0 Å². The molecule has 176 valence electrons. The van der Waals surface area contributed by atoms with Gasteiger partial charge in [-0.15, -0.1) is 0 Å². The molecule has 0 unspecified atom stereocenters. The summed E-state index contributed by atoms with van der Waals surface area (Å²) in [5.41, 5.74) is 0.466. The first-order chi connectivity index (χ1) is 14.3. The molecule has 3 aromatic rings. The third-order valence-electron chi connectivity index (χ3n) is 3.36. The van der Waals surface area contributed by atoms with Crippen LogP contribution < -0.4 is 4.94 Å². The zero-order valence-corrected chi connectivity index (χ0v) is 26.2. The second-order valence-corrected chi connectivity index (χ2v) is 5.41. The van der Waals surface area contributed by atoms with Crippen LogP contribution in [0.15, 0.2) is 36.7 Å². The van der Waals surface area contributed by atoms with E-state index in [1.807, 2.05) is 0 Å². The zero-order chi connectivity index (χ0) is 22.8. The van der Waals surface area contributed by atoms with Gasteiger partial charge >= 0.3 is 31.1 Å². The largest absolute Gasteiger partial charge is 2.00 e. The Kier molecular flexibility index (Phi) is 20.2. The molecule has 0 atom stereocenters. The topological polar surface area (TPSA) is 35.0 Å². The van der Waals surface area contributed by atoms with E-state index < -0.39 is 47.1 Å². The number of rotatable bonds is 3. The molecule has 3 nitrogen and oxygen atoms in total. The number of alkyl halides is 1. The van der Waals surface area contributed by atoms with Crippen molar-refractivity contribution >= 4 is 0 Å². The summed E-state index contributed by atoms with van der Waals surface area (Å²) in [6.45, 7) is 5.63. The van der Waals surface area contributed by atoms with Gasteiger partial charge in [0.05, 0.1) is 5.56 Å². The SMILES string of the molecule is Cc1cnc(-c2cc(F)c(CF)c(F)c2)nc1.FOc1cc(F)c(F)c(F)c1.[CH2-]C.[CH3-].[U+2].[U]. The Hall–Kier alpha value is -1.07. The van der Waals surface area contributed by atoms with Crippen LogP contribution in [0, 0.1) is 113 Å². The molecule has 0 aliphatic heterocycles. The number of hydrogen-bond acceptors (Lipinski definition) is 3. The van der Waals surface area contributed by atoms with Gasteiger partial charge in [0.15, 0.2) is 29.0 Å². The van der Waals surface area contributed by atoms with Crippen LogP contribution in [0.25, 0.3) is 11.4 Å². The standard InChI is InChI=1S/C12H9F3N2.C6H2F4O.C2H5.CH3.2U/c1-7-5-16-12(17-6-7)8-2-10(14)9(4-13)11(15)3-8;7-4-1-3(11-10)2-5(8)6(4)9;1-2;;;/h2-3,5-6H,4H2,1H3;1-2H;1H2,2H3;1H3;;/q;;2*-1;;+2. The molecule has 0 aliphatic carbocycles. The van der Waals surface area contributed by atoms with Gasteiger partial charge in [0.25, 0.3) is 0 Å². The van der Waals surface area contributed by atoms with Crippen molar-refractivity contribution in [1.29, 1.82) is 0 Å². The Morgan fingerprint density at radius 3 is 1.64 bits per heavy atom. The van der Waals surface area contributed by atoms with Gasteiger partial charge in [-0.05, 0) is 24.6 Å². The second-order valence-electron chi connectivity index (χ2n) is 5.41. The number of aromatic nitrogens is 2. The van der Waals surface area contributed by atoms with Crippen molar-refractivity contribution in [2.24, 2.45) is 0 Å². The van der Waals surface area contributed by atoms with Gasteiger partial charge in [-0.25, -0.2) is 36.3 Å². The minimum absolute atomic E-state index is 0. The van der Waals surface area contributed by atoms with E-state index in [-0.39, 0.29) is 81.0 Å². The predicted molar refractivity (Wildman–Crippen MR) is 102 cm³/mol. The summed E-state index contributed by atoms with van der Waals surface area (Å²) in [4.78, 5) is 10.9. The second kappa shape index (κ2) is 18.3. The summed E-state index contributed by atoms with van der Waals surface area (Å²) in [6, 6.07) is 2.86. The number of aryl methyl sites for hydroxylation is 1. The molecule has 33 heavy (non-hydrogen) atoms. The van der Waals surface area contributed by atoms with Crippen LogP contribution >= 0.6 is 0 Å². The van der Waals surface area contributed by atoms with Crippen LogP contribution in [-0.4, -0.2) is 9.97 Å². The smallest absolute Gasteiger partial charge is 0.358 e. The molecule has 0 bridgehead atoms. The Morgan fingerprint density at radius 1 is 0.848 bits per heavy atom. The summed E-state index contributed by atoms with van der Waals surface area (Å²) in [5, 5.41) is 0. The van der Waals surface area contributed by atoms with E-state index in [4.69, 9.17) is 0 Å². The summed E-state index contributed by atoms with van der Waals surface area (Å²) in [7, 11) is 0. The van der Waals surface area contributed by atoms with Gasteiger partial charge in [0.1, 0.15) is 18.3 Å². The molecular formula is C21H19F7N2OU2. The van der Waals surface area contributed by atoms with Crippen molar-refractivity contribution in [2.45, 2.75) is 20.5 Å². The van der Waals surface area contributed by atoms with Crippen LogP contribution in [0.5, 0.6) is 5.75 Å². The average Bonchev–Trinajstić information content (AvgIpc) is 2.74. The van der Waals surface area contributed by atoms with Gasteiger partial charge in [-0.1, -0.05) is 0 Å². The molecule has 3 rings (SSSR count). The van der Waals surface area contributed by atoms with Crippen molar-refractivity contribution in [1.82, 2.24) is 9.97 Å². The van der Waals surface area contributed by atoms with Gasteiger partial charge in [0.2, 0.25) is 0 Å². The summed E-state index contributed by atoms with van der Waals surface area (Å²) in [5.74, 6) is -6.97. The van der Waals surface area contributed by atoms with Crippen molar-refractivity contribution in [3.8, 4) is 17.1 Å². The third kappa shape index (κ3) is 10.8. The maximum Gasteiger partial charge on any atom is 2.00 e. The molecule has 1 heterocycles. The molecule has 0 spiro atoms. The molecule has 0 saturated carbocycles. The first-order valence-corrected chi connectivity index (χ1v) is 8.23. The van der Waals surface area contributed by atoms with Gasteiger partial charge in [-0.3, -0.25) is 4.94 Å². The fourth-order valence-electron chi connectivity index (χ4n) is 1.98. The Balaban J connectivity index is -0.000000497. The molecular weight excluding hydrogens is 905 g/mol. The van der Waals surface area contributed by atoms with Crippen molar-refractivity contribution in [2.75, 3.05) is 0 Å². The van der Waals surface area contributed by atoms with Crippen LogP contribution in [0.2, 0.25) is 0 Å². The third-order valence-corrected chi connectivity index (χ3v) is 3.36. The first kappa shape index (κ1) is 36.5. The van der Waals surface area contributed by atoms with Crippen LogP contribution in [-0.2, 0) is 6.67 Å². The normalized spacial score (nSPS) is 8.91. The van der Waals surface area contributed by atoms with E-state index in [1.165, 1.54) is 0 Å². The van der Waals surface area contributed by atoms with E-state index in [0.29, 0.717) is 12.1 Å². The van der Waals surface area contributed by atoms with E-state index in [0.717, 1.165) is 17.7 Å². The Morgan fingerprint density at radius 2 is 1.27 bits per heavy atom. The zero-order valence-electron chi connectivity index (χ0n) is 17.8. The van der Waals surface area contributed by atoms with Gasteiger partial charge in [-0.2, -0.15) is 6.92 Å². The fraction of sp³-hybridized carbons (Fsp3) is 0.143. The number of nitrogens with zero attached hydrogens (tertiary/aromatic N) is 2. The summed E-state index contributed by atoms with van der Waals surface area (Å²) in [6.07, 6.45) is 3.09. The predicted octanol–water partition coefficient (Wildman–Crippen LogP) is 6.86. The molecule has 2 aromatic carbocycles. The average molecular weight is 924 g/mol. The first-order valence-electron chi connectivity index (χ1n) is 8.23. The van der Waals surface area contributed by atoms with E-state index in [9.17, 15) is 30.9 Å². The van der Waals surface area contributed by atoms with Crippen LogP contribution in [0.1, 0.15) is 18.1 Å². The number of benzene rings is 2. The summed E-state index contributed by atoms with van der Waals surface area (Å²) >= 11 is 0. The number of hydrogen-bond donors (Lipinski definition) is 0. The summed E-state index contributed by atoms with van der Waals surface area (Å²) < 4.78 is 86.7. The van der Waals surface area contributed by atoms with Crippen molar-refractivity contribution < 1.29 is 98.0 Å². The molecule has 0 fully saturated rings. The minimum atomic E-state index is -1.65. The maximum atomic E-state index is 13.3. The molecule has 12 heteroatoms. The van der Waals surface area contributed by atoms with E-state index in [1.54, 1.807) is 26.2 Å². The Bertz CT molecular complexity index is 931. The van der Waals surface area contributed by atoms with Crippen molar-refractivity contribution in [3.05, 3.63) is 91.2 Å². The molecule has 0 saturated heterocycles. The van der Waals surface area contributed by atoms with Gasteiger partial charge in [0, 0.05) is 65.7 Å².